The molecule has 17 heavy (non-hydrogen) atoms. The van der Waals surface area contributed by atoms with Crippen molar-refractivity contribution in [2.24, 2.45) is 10.9 Å². The maximum Gasteiger partial charge on any atom is 0.156 e. The van der Waals surface area contributed by atoms with E-state index in [4.69, 9.17) is 15.7 Å². The lowest BCUT2D eigenvalue weighted by Crippen LogP contribution is -2.42. The van der Waals surface area contributed by atoms with Crippen LogP contribution in [0.1, 0.15) is 24.9 Å². The summed E-state index contributed by atoms with van der Waals surface area (Å²) in [7, 11) is 0. The second kappa shape index (κ2) is 5.05. The maximum absolute atomic E-state index is 8.63. The number of nitrogens with zero attached hydrogens (tertiary/aromatic N) is 1. The lowest BCUT2D eigenvalue weighted by molar-refractivity contribution is 0.250. The van der Waals surface area contributed by atoms with Gasteiger partial charge in [0, 0.05) is 18.0 Å². The fourth-order valence-electron chi connectivity index (χ4n) is 1.99. The molecule has 5 nitrogen and oxygen atoms in total. The first-order valence-electron chi connectivity index (χ1n) is 5.67. The summed E-state index contributed by atoms with van der Waals surface area (Å²) in [6, 6.07) is 7.93. The Morgan fingerprint density at radius 3 is 3.12 bits per heavy atom. The van der Waals surface area contributed by atoms with Crippen molar-refractivity contribution < 1.29 is 9.94 Å². The average molecular weight is 235 g/mol. The molecule has 0 amide bonds. The smallest absolute Gasteiger partial charge is 0.156 e. The SMILES string of the molecule is CC(NC1CCOc2ccccc21)C(N)=NO. The zero-order valence-corrected chi connectivity index (χ0v) is 9.76. The molecule has 1 aromatic rings. The molecule has 2 atom stereocenters. The zero-order chi connectivity index (χ0) is 12.3. The Labute approximate surface area is 100 Å². The number of nitrogens with one attached hydrogen (secondary N) is 1. The van der Waals surface area contributed by atoms with Crippen molar-refractivity contribution in [1.29, 1.82) is 0 Å². The highest BCUT2D eigenvalue weighted by molar-refractivity contribution is 5.84. The van der Waals surface area contributed by atoms with E-state index in [2.05, 4.69) is 10.5 Å². The second-order valence-corrected chi connectivity index (χ2v) is 4.14. The molecule has 0 radical (unpaired) electrons. The van der Waals surface area contributed by atoms with Crippen molar-refractivity contribution in [2.45, 2.75) is 25.4 Å². The van der Waals surface area contributed by atoms with E-state index in [1.54, 1.807) is 0 Å². The Balaban J connectivity index is 2.14. The summed E-state index contributed by atoms with van der Waals surface area (Å²) in [5.74, 6) is 1.09. The Kier molecular flexibility index (Phi) is 3.49. The third-order valence-electron chi connectivity index (χ3n) is 2.97. The van der Waals surface area contributed by atoms with E-state index < -0.39 is 0 Å². The van der Waals surface area contributed by atoms with Gasteiger partial charge < -0.3 is 21.0 Å². The van der Waals surface area contributed by atoms with Crippen molar-refractivity contribution in [2.75, 3.05) is 6.61 Å². The summed E-state index contributed by atoms with van der Waals surface area (Å²) in [6.45, 7) is 2.55. The molecule has 0 spiro atoms. The van der Waals surface area contributed by atoms with Crippen LogP contribution in [0, 0.1) is 0 Å². The summed E-state index contributed by atoms with van der Waals surface area (Å²) in [5.41, 5.74) is 6.68. The topological polar surface area (TPSA) is 79.9 Å². The molecule has 0 aliphatic carbocycles. The van der Waals surface area contributed by atoms with Gasteiger partial charge in [0.05, 0.1) is 12.6 Å². The van der Waals surface area contributed by atoms with Gasteiger partial charge in [-0.3, -0.25) is 0 Å². The fraction of sp³-hybridized carbons (Fsp3) is 0.417. The molecule has 0 saturated heterocycles. The quantitative estimate of drug-likeness (QED) is 0.319. The van der Waals surface area contributed by atoms with Gasteiger partial charge in [0.1, 0.15) is 5.75 Å². The molecule has 1 aliphatic rings. The van der Waals surface area contributed by atoms with E-state index >= 15 is 0 Å². The van der Waals surface area contributed by atoms with E-state index in [-0.39, 0.29) is 17.9 Å². The van der Waals surface area contributed by atoms with Crippen LogP contribution in [0.25, 0.3) is 0 Å². The summed E-state index contributed by atoms with van der Waals surface area (Å²) < 4.78 is 5.57. The van der Waals surface area contributed by atoms with Gasteiger partial charge in [-0.2, -0.15) is 0 Å². The molecule has 0 saturated carbocycles. The van der Waals surface area contributed by atoms with Gasteiger partial charge in [-0.25, -0.2) is 0 Å². The lowest BCUT2D eigenvalue weighted by Gasteiger charge is -2.28. The van der Waals surface area contributed by atoms with Gasteiger partial charge in [-0.05, 0) is 13.0 Å². The van der Waals surface area contributed by atoms with Crippen LogP contribution in [0.15, 0.2) is 29.4 Å². The minimum absolute atomic E-state index is 0.170. The second-order valence-electron chi connectivity index (χ2n) is 4.14. The monoisotopic (exact) mass is 235 g/mol. The van der Waals surface area contributed by atoms with E-state index in [1.807, 2.05) is 31.2 Å². The normalized spacial score (nSPS) is 21.5. The van der Waals surface area contributed by atoms with Gasteiger partial charge >= 0.3 is 0 Å². The standard InChI is InChI=1S/C12H17N3O2/c1-8(12(13)15-16)14-10-6-7-17-11-5-3-2-4-9(10)11/h2-5,8,10,14,16H,6-7H2,1H3,(H2,13,15). The first-order chi connectivity index (χ1) is 8.22. The highest BCUT2D eigenvalue weighted by Gasteiger charge is 2.23. The van der Waals surface area contributed by atoms with Gasteiger partial charge in [-0.15, -0.1) is 0 Å². The molecule has 1 aromatic carbocycles. The van der Waals surface area contributed by atoms with Crippen molar-refractivity contribution in [1.82, 2.24) is 5.32 Å². The Morgan fingerprint density at radius 1 is 1.59 bits per heavy atom. The predicted octanol–water partition coefficient (Wildman–Crippen LogP) is 1.23. The van der Waals surface area contributed by atoms with E-state index in [9.17, 15) is 0 Å². The Morgan fingerprint density at radius 2 is 2.35 bits per heavy atom. The van der Waals surface area contributed by atoms with Crippen LogP contribution in [0.4, 0.5) is 0 Å². The van der Waals surface area contributed by atoms with Crippen LogP contribution >= 0.6 is 0 Å². The van der Waals surface area contributed by atoms with Gasteiger partial charge in [0.2, 0.25) is 0 Å². The average Bonchev–Trinajstić information content (AvgIpc) is 2.38. The van der Waals surface area contributed by atoms with E-state index in [0.717, 1.165) is 17.7 Å². The number of oxime groups is 1. The maximum atomic E-state index is 8.63. The number of hydrogen-bond donors (Lipinski definition) is 3. The molecule has 0 bridgehead atoms. The summed E-state index contributed by atoms with van der Waals surface area (Å²) in [6.07, 6.45) is 0.875. The van der Waals surface area contributed by atoms with Gasteiger partial charge in [0.25, 0.3) is 0 Å². The summed E-state index contributed by atoms with van der Waals surface area (Å²) in [5, 5.41) is 15.0. The molecule has 2 unspecified atom stereocenters. The molecule has 4 N–H and O–H groups in total. The van der Waals surface area contributed by atoms with E-state index in [1.165, 1.54) is 0 Å². The van der Waals surface area contributed by atoms with Crippen LogP contribution in [-0.2, 0) is 0 Å². The molecule has 92 valence electrons. The molecule has 0 aromatic heterocycles. The third-order valence-corrected chi connectivity index (χ3v) is 2.97. The zero-order valence-electron chi connectivity index (χ0n) is 9.76. The third kappa shape index (κ3) is 2.50. The minimum Gasteiger partial charge on any atom is -0.493 e. The highest BCUT2D eigenvalue weighted by atomic mass is 16.5. The van der Waals surface area contributed by atoms with Crippen LogP contribution < -0.4 is 15.8 Å². The molecule has 0 fully saturated rings. The minimum atomic E-state index is -0.170. The van der Waals surface area contributed by atoms with Gasteiger partial charge in [0.15, 0.2) is 5.84 Å². The number of amidine groups is 1. The van der Waals surface area contributed by atoms with Crippen molar-refractivity contribution in [3.05, 3.63) is 29.8 Å². The van der Waals surface area contributed by atoms with Crippen molar-refractivity contribution in [3.63, 3.8) is 0 Å². The van der Waals surface area contributed by atoms with Crippen LogP contribution in [-0.4, -0.2) is 23.7 Å². The van der Waals surface area contributed by atoms with Gasteiger partial charge in [-0.1, -0.05) is 23.4 Å². The molecule has 1 heterocycles. The summed E-state index contributed by atoms with van der Waals surface area (Å²) >= 11 is 0. The predicted molar refractivity (Wildman–Crippen MR) is 65.3 cm³/mol. The number of rotatable bonds is 3. The molecule has 1 aliphatic heterocycles. The largest absolute Gasteiger partial charge is 0.493 e. The Bertz CT molecular complexity index is 420. The number of benzene rings is 1. The number of nitrogens with two attached hydrogens (primary N) is 1. The van der Waals surface area contributed by atoms with Crippen molar-refractivity contribution >= 4 is 5.84 Å². The number of ether oxygens (including phenoxy) is 1. The summed E-state index contributed by atoms with van der Waals surface area (Å²) in [4.78, 5) is 0. The first kappa shape index (κ1) is 11.7. The lowest BCUT2D eigenvalue weighted by atomic mass is 10.00. The highest BCUT2D eigenvalue weighted by Crippen LogP contribution is 2.31. The molecular weight excluding hydrogens is 218 g/mol. The Hall–Kier alpha value is -1.75. The number of para-hydroxylation sites is 1. The molecular formula is C12H17N3O2. The molecule has 2 rings (SSSR count). The van der Waals surface area contributed by atoms with Crippen LogP contribution in [0.3, 0.4) is 0 Å². The van der Waals surface area contributed by atoms with Crippen LogP contribution in [0.2, 0.25) is 0 Å². The first-order valence-corrected chi connectivity index (χ1v) is 5.67. The number of fused-ring (bicyclic) bond motifs is 1. The van der Waals surface area contributed by atoms with Crippen molar-refractivity contribution in [3.8, 4) is 5.75 Å². The van der Waals surface area contributed by atoms with Crippen LogP contribution in [0.5, 0.6) is 5.75 Å². The number of hydrogen-bond acceptors (Lipinski definition) is 4. The molecule has 5 heteroatoms. The fourth-order valence-corrected chi connectivity index (χ4v) is 1.99. The van der Waals surface area contributed by atoms with E-state index in [0.29, 0.717) is 6.61 Å².